The molecule has 1 amide bonds. The van der Waals surface area contributed by atoms with Gasteiger partial charge >= 0.3 is 6.01 Å². The van der Waals surface area contributed by atoms with E-state index in [-0.39, 0.29) is 18.4 Å². The number of fused-ring (bicyclic) bond motifs is 1. The lowest BCUT2D eigenvalue weighted by Gasteiger charge is -2.21. The molecule has 20 heavy (non-hydrogen) atoms. The lowest BCUT2D eigenvalue weighted by Crippen LogP contribution is -2.26. The van der Waals surface area contributed by atoms with Gasteiger partial charge in [0.15, 0.2) is 18.2 Å². The quantitative estimate of drug-likeness (QED) is 0.853. The van der Waals surface area contributed by atoms with Crippen molar-refractivity contribution in [2.45, 2.75) is 13.3 Å². The SMILES string of the molecule is CCC1[C@H]2CN(c3nc(OCC(N)=O)ncc3F)C[C@@H]12. The average molecular weight is 280 g/mol. The van der Waals surface area contributed by atoms with Crippen molar-refractivity contribution in [2.75, 3.05) is 24.6 Å². The van der Waals surface area contributed by atoms with E-state index in [9.17, 15) is 9.18 Å². The molecule has 6 nitrogen and oxygen atoms in total. The van der Waals surface area contributed by atoms with Gasteiger partial charge in [-0.15, -0.1) is 0 Å². The summed E-state index contributed by atoms with van der Waals surface area (Å²) in [7, 11) is 0. The predicted octanol–water partition coefficient (Wildman–Crippen LogP) is 0.572. The summed E-state index contributed by atoms with van der Waals surface area (Å²) >= 11 is 0. The molecule has 1 unspecified atom stereocenters. The highest BCUT2D eigenvalue weighted by Crippen LogP contribution is 2.54. The molecule has 108 valence electrons. The molecular weight excluding hydrogens is 263 g/mol. The third kappa shape index (κ3) is 2.28. The standard InChI is InChI=1S/C13H17FN4O2/c1-2-7-8-4-18(5-9(7)8)12-10(14)3-16-13(17-12)20-6-11(15)19/h3,7-9H,2,4-6H2,1H3,(H2,15,19)/t7?,8-,9+. The molecule has 3 rings (SSSR count). The van der Waals surface area contributed by atoms with Crippen molar-refractivity contribution in [3.63, 3.8) is 0 Å². The number of piperidine rings is 1. The molecule has 2 fully saturated rings. The fourth-order valence-corrected chi connectivity index (χ4v) is 3.20. The fourth-order valence-electron chi connectivity index (χ4n) is 3.20. The minimum absolute atomic E-state index is 0.0205. The van der Waals surface area contributed by atoms with Crippen molar-refractivity contribution in [2.24, 2.45) is 23.5 Å². The summed E-state index contributed by atoms with van der Waals surface area (Å²) < 4.78 is 18.8. The number of ether oxygens (including phenoxy) is 1. The Balaban J connectivity index is 1.70. The molecule has 1 aromatic rings. The van der Waals surface area contributed by atoms with Crippen LogP contribution < -0.4 is 15.4 Å². The first-order chi connectivity index (χ1) is 9.60. The van der Waals surface area contributed by atoms with Crippen molar-refractivity contribution < 1.29 is 13.9 Å². The lowest BCUT2D eigenvalue weighted by atomic mass is 10.2. The number of nitrogens with zero attached hydrogens (tertiary/aromatic N) is 3. The van der Waals surface area contributed by atoms with E-state index in [2.05, 4.69) is 16.9 Å². The van der Waals surface area contributed by atoms with E-state index in [1.165, 1.54) is 6.42 Å². The number of rotatable bonds is 5. The Morgan fingerprint density at radius 2 is 2.25 bits per heavy atom. The predicted molar refractivity (Wildman–Crippen MR) is 69.7 cm³/mol. The van der Waals surface area contributed by atoms with Crippen LogP contribution in [0.3, 0.4) is 0 Å². The van der Waals surface area contributed by atoms with Gasteiger partial charge in [-0.05, 0) is 17.8 Å². The number of halogens is 1. The zero-order chi connectivity index (χ0) is 14.3. The number of hydrogen-bond donors (Lipinski definition) is 1. The van der Waals surface area contributed by atoms with Gasteiger partial charge in [0.25, 0.3) is 5.91 Å². The summed E-state index contributed by atoms with van der Waals surface area (Å²) in [5.41, 5.74) is 4.98. The molecule has 1 aliphatic heterocycles. The van der Waals surface area contributed by atoms with Crippen molar-refractivity contribution in [3.8, 4) is 6.01 Å². The van der Waals surface area contributed by atoms with Crippen molar-refractivity contribution in [1.82, 2.24) is 9.97 Å². The Morgan fingerprint density at radius 1 is 1.55 bits per heavy atom. The lowest BCUT2D eigenvalue weighted by molar-refractivity contribution is -0.120. The molecule has 2 N–H and O–H groups in total. The topological polar surface area (TPSA) is 81.3 Å². The maximum Gasteiger partial charge on any atom is 0.319 e. The minimum atomic E-state index is -0.618. The number of amides is 1. The molecule has 1 aromatic heterocycles. The second-order valence-electron chi connectivity index (χ2n) is 5.38. The number of primary amides is 1. The number of aromatic nitrogens is 2. The number of anilines is 1. The Morgan fingerprint density at radius 3 is 2.85 bits per heavy atom. The zero-order valence-corrected chi connectivity index (χ0v) is 11.3. The molecule has 1 aliphatic carbocycles. The monoisotopic (exact) mass is 280 g/mol. The molecule has 1 saturated carbocycles. The van der Waals surface area contributed by atoms with E-state index < -0.39 is 11.7 Å². The maximum atomic E-state index is 13.8. The normalized spacial score (nSPS) is 27.3. The smallest absolute Gasteiger partial charge is 0.319 e. The van der Waals surface area contributed by atoms with E-state index in [1.54, 1.807) is 0 Å². The van der Waals surface area contributed by atoms with Gasteiger partial charge in [0, 0.05) is 13.1 Å². The highest BCUT2D eigenvalue weighted by atomic mass is 19.1. The average Bonchev–Trinajstić information content (AvgIpc) is 2.89. The Labute approximate surface area is 116 Å². The molecule has 1 saturated heterocycles. The third-order valence-corrected chi connectivity index (χ3v) is 4.19. The van der Waals surface area contributed by atoms with Crippen molar-refractivity contribution >= 4 is 11.7 Å². The van der Waals surface area contributed by atoms with Crippen LogP contribution in [0.15, 0.2) is 6.20 Å². The molecule has 0 aromatic carbocycles. The van der Waals surface area contributed by atoms with Crippen LogP contribution in [0.5, 0.6) is 6.01 Å². The van der Waals surface area contributed by atoms with Crippen LogP contribution in [0.2, 0.25) is 0 Å². The first-order valence-electron chi connectivity index (χ1n) is 6.78. The van der Waals surface area contributed by atoms with Crippen LogP contribution in [0.25, 0.3) is 0 Å². The van der Waals surface area contributed by atoms with E-state index in [0.717, 1.165) is 25.2 Å². The van der Waals surface area contributed by atoms with Gasteiger partial charge in [-0.3, -0.25) is 4.79 Å². The molecule has 3 atom stereocenters. The second-order valence-corrected chi connectivity index (χ2v) is 5.38. The molecular formula is C13H17FN4O2. The van der Waals surface area contributed by atoms with Crippen LogP contribution in [0.1, 0.15) is 13.3 Å². The van der Waals surface area contributed by atoms with Crippen molar-refractivity contribution in [1.29, 1.82) is 0 Å². The molecule has 0 radical (unpaired) electrons. The van der Waals surface area contributed by atoms with Crippen LogP contribution in [0.4, 0.5) is 10.2 Å². The highest BCUT2D eigenvalue weighted by molar-refractivity contribution is 5.75. The summed E-state index contributed by atoms with van der Waals surface area (Å²) in [6, 6.07) is -0.0205. The molecule has 2 heterocycles. The number of hydrogen-bond acceptors (Lipinski definition) is 5. The third-order valence-electron chi connectivity index (χ3n) is 4.19. The van der Waals surface area contributed by atoms with Gasteiger partial charge in [0.2, 0.25) is 0 Å². The minimum Gasteiger partial charge on any atom is -0.453 e. The van der Waals surface area contributed by atoms with Gasteiger partial charge in [-0.25, -0.2) is 9.37 Å². The highest BCUT2D eigenvalue weighted by Gasteiger charge is 2.54. The van der Waals surface area contributed by atoms with Crippen LogP contribution >= 0.6 is 0 Å². The summed E-state index contributed by atoms with van der Waals surface area (Å²) in [5.74, 6) is 1.26. The van der Waals surface area contributed by atoms with E-state index in [4.69, 9.17) is 10.5 Å². The first kappa shape index (κ1) is 13.1. The molecule has 7 heteroatoms. The Hall–Kier alpha value is -1.92. The van der Waals surface area contributed by atoms with E-state index >= 15 is 0 Å². The van der Waals surface area contributed by atoms with Gasteiger partial charge in [0.05, 0.1) is 6.20 Å². The summed E-state index contributed by atoms with van der Waals surface area (Å²) in [5, 5.41) is 0. The molecule has 0 bridgehead atoms. The molecule has 0 spiro atoms. The molecule has 2 aliphatic rings. The summed E-state index contributed by atoms with van der Waals surface area (Å²) in [6.45, 7) is 3.53. The van der Waals surface area contributed by atoms with E-state index in [1.807, 2.05) is 4.90 Å². The van der Waals surface area contributed by atoms with E-state index in [0.29, 0.717) is 11.8 Å². The van der Waals surface area contributed by atoms with Gasteiger partial charge < -0.3 is 15.4 Å². The number of carbonyl (C=O) groups is 1. The van der Waals surface area contributed by atoms with Crippen molar-refractivity contribution in [3.05, 3.63) is 12.0 Å². The summed E-state index contributed by atoms with van der Waals surface area (Å²) in [6.07, 6.45) is 2.25. The van der Waals surface area contributed by atoms with Crippen LogP contribution in [-0.2, 0) is 4.79 Å². The first-order valence-corrected chi connectivity index (χ1v) is 6.78. The van der Waals surface area contributed by atoms with Gasteiger partial charge in [-0.1, -0.05) is 13.3 Å². The second kappa shape index (κ2) is 4.88. The van der Waals surface area contributed by atoms with Crippen LogP contribution in [-0.4, -0.2) is 35.6 Å². The number of nitrogens with two attached hydrogens (primary N) is 1. The Bertz CT molecular complexity index is 527. The zero-order valence-electron chi connectivity index (χ0n) is 11.3. The fraction of sp³-hybridized carbons (Fsp3) is 0.615. The number of carbonyl (C=O) groups excluding carboxylic acids is 1. The van der Waals surface area contributed by atoms with Crippen LogP contribution in [0, 0.1) is 23.6 Å². The Kier molecular flexibility index (Phi) is 3.19. The van der Waals surface area contributed by atoms with Gasteiger partial charge in [-0.2, -0.15) is 4.98 Å². The van der Waals surface area contributed by atoms with Gasteiger partial charge in [0.1, 0.15) is 0 Å². The maximum absolute atomic E-state index is 13.8. The largest absolute Gasteiger partial charge is 0.453 e. The summed E-state index contributed by atoms with van der Waals surface area (Å²) in [4.78, 5) is 20.3.